The van der Waals surface area contributed by atoms with Crippen LogP contribution in [-0.2, 0) is 4.74 Å². The lowest BCUT2D eigenvalue weighted by atomic mass is 9.88. The molecule has 2 bridgehead atoms. The Labute approximate surface area is 98.1 Å². The second-order valence-electron chi connectivity index (χ2n) is 6.43. The van der Waals surface area contributed by atoms with Crippen LogP contribution in [0.2, 0.25) is 0 Å². The summed E-state index contributed by atoms with van der Waals surface area (Å²) in [5.74, 6) is 4.39. The molecule has 2 nitrogen and oxygen atoms in total. The normalized spacial score (nSPS) is 57.2. The van der Waals surface area contributed by atoms with Crippen molar-refractivity contribution in [2.24, 2.45) is 23.7 Å². The minimum absolute atomic E-state index is 0.567. The molecule has 1 N–H and O–H groups in total. The Hall–Kier alpha value is -0.0800. The Kier molecular flexibility index (Phi) is 2.14. The van der Waals surface area contributed by atoms with E-state index in [0.29, 0.717) is 6.10 Å². The number of hydrogen-bond donors (Lipinski definition) is 1. The van der Waals surface area contributed by atoms with Crippen LogP contribution in [0.3, 0.4) is 0 Å². The molecule has 4 rings (SSSR count). The smallest absolute Gasteiger partial charge is 0.0604 e. The van der Waals surface area contributed by atoms with Crippen LogP contribution in [-0.4, -0.2) is 24.8 Å². The molecule has 0 aromatic rings. The monoisotopic (exact) mass is 221 g/mol. The summed E-state index contributed by atoms with van der Waals surface area (Å²) in [6.07, 6.45) is 7.74. The summed E-state index contributed by atoms with van der Waals surface area (Å²) in [5, 5.41) is 3.90. The average Bonchev–Trinajstić information content (AvgIpc) is 2.65. The molecule has 0 heterocycles. The third-order valence-corrected chi connectivity index (χ3v) is 5.66. The molecule has 4 unspecified atom stereocenters. The SMILES string of the molecule is CCOC1CC(NC2C3C4CCC(C4)C23)C1. The van der Waals surface area contributed by atoms with Crippen LogP contribution < -0.4 is 5.32 Å². The fourth-order valence-electron chi connectivity index (χ4n) is 4.89. The van der Waals surface area contributed by atoms with Crippen molar-refractivity contribution in [3.8, 4) is 0 Å². The van der Waals surface area contributed by atoms with Gasteiger partial charge in [0.1, 0.15) is 0 Å². The van der Waals surface area contributed by atoms with E-state index in [2.05, 4.69) is 12.2 Å². The maximum Gasteiger partial charge on any atom is 0.0604 e. The van der Waals surface area contributed by atoms with Gasteiger partial charge in [0.2, 0.25) is 0 Å². The van der Waals surface area contributed by atoms with Crippen LogP contribution in [0.4, 0.5) is 0 Å². The van der Waals surface area contributed by atoms with Crippen LogP contribution in [0, 0.1) is 23.7 Å². The highest BCUT2D eigenvalue weighted by Crippen LogP contribution is 2.65. The first-order valence-corrected chi connectivity index (χ1v) is 7.24. The molecule has 4 atom stereocenters. The Morgan fingerprint density at radius 2 is 1.75 bits per heavy atom. The first-order valence-electron chi connectivity index (χ1n) is 7.24. The van der Waals surface area contributed by atoms with E-state index in [1.165, 1.54) is 25.7 Å². The molecular weight excluding hydrogens is 198 g/mol. The zero-order valence-electron chi connectivity index (χ0n) is 10.2. The van der Waals surface area contributed by atoms with Gasteiger partial charge in [-0.2, -0.15) is 0 Å². The van der Waals surface area contributed by atoms with Crippen molar-refractivity contribution in [1.82, 2.24) is 5.32 Å². The lowest BCUT2D eigenvalue weighted by Crippen LogP contribution is -2.47. The highest BCUT2D eigenvalue weighted by Gasteiger charge is 2.65. The topological polar surface area (TPSA) is 21.3 Å². The van der Waals surface area contributed by atoms with E-state index in [1.54, 1.807) is 6.42 Å². The zero-order valence-corrected chi connectivity index (χ0v) is 10.2. The van der Waals surface area contributed by atoms with Gasteiger partial charge in [-0.25, -0.2) is 0 Å². The number of rotatable bonds is 4. The summed E-state index contributed by atoms with van der Waals surface area (Å²) in [5.41, 5.74) is 0. The van der Waals surface area contributed by atoms with Gasteiger partial charge in [-0.3, -0.25) is 0 Å². The fourth-order valence-corrected chi connectivity index (χ4v) is 4.89. The largest absolute Gasteiger partial charge is 0.378 e. The van der Waals surface area contributed by atoms with Crippen molar-refractivity contribution in [3.05, 3.63) is 0 Å². The molecule has 0 aromatic carbocycles. The van der Waals surface area contributed by atoms with Gasteiger partial charge in [0.25, 0.3) is 0 Å². The summed E-state index contributed by atoms with van der Waals surface area (Å²) in [6, 6.07) is 1.70. The Morgan fingerprint density at radius 3 is 2.38 bits per heavy atom. The minimum atomic E-state index is 0.567. The highest BCUT2D eigenvalue weighted by atomic mass is 16.5. The van der Waals surface area contributed by atoms with Gasteiger partial charge in [-0.15, -0.1) is 0 Å². The second-order valence-corrected chi connectivity index (χ2v) is 6.43. The van der Waals surface area contributed by atoms with E-state index >= 15 is 0 Å². The Balaban J connectivity index is 1.27. The maximum atomic E-state index is 5.62. The van der Waals surface area contributed by atoms with Crippen molar-refractivity contribution >= 4 is 0 Å². The fraction of sp³-hybridized carbons (Fsp3) is 1.00. The van der Waals surface area contributed by atoms with Crippen molar-refractivity contribution in [3.63, 3.8) is 0 Å². The molecule has 0 amide bonds. The molecule has 16 heavy (non-hydrogen) atoms. The van der Waals surface area contributed by atoms with Crippen LogP contribution in [0.15, 0.2) is 0 Å². The van der Waals surface area contributed by atoms with Gasteiger partial charge in [-0.05, 0) is 62.7 Å². The molecule has 4 aliphatic rings. The third kappa shape index (κ3) is 1.32. The molecule has 90 valence electrons. The molecule has 4 fully saturated rings. The number of fused-ring (bicyclic) bond motifs is 5. The van der Waals surface area contributed by atoms with Crippen LogP contribution in [0.25, 0.3) is 0 Å². The first-order chi connectivity index (χ1) is 7.86. The average molecular weight is 221 g/mol. The summed E-state index contributed by atoms with van der Waals surface area (Å²) in [7, 11) is 0. The van der Waals surface area contributed by atoms with E-state index in [9.17, 15) is 0 Å². The lowest BCUT2D eigenvalue weighted by Gasteiger charge is -2.36. The van der Waals surface area contributed by atoms with Gasteiger partial charge < -0.3 is 10.1 Å². The molecule has 4 aliphatic carbocycles. The van der Waals surface area contributed by atoms with Crippen LogP contribution in [0.5, 0.6) is 0 Å². The Morgan fingerprint density at radius 1 is 1.06 bits per heavy atom. The zero-order chi connectivity index (χ0) is 10.7. The molecular formula is C14H23NO. The third-order valence-electron chi connectivity index (χ3n) is 5.66. The molecule has 0 aromatic heterocycles. The van der Waals surface area contributed by atoms with Crippen molar-refractivity contribution in [1.29, 1.82) is 0 Å². The van der Waals surface area contributed by atoms with Gasteiger partial charge in [-0.1, -0.05) is 0 Å². The number of ether oxygens (including phenoxy) is 1. The predicted octanol–water partition coefficient (Wildman–Crippen LogP) is 2.19. The highest BCUT2D eigenvalue weighted by molar-refractivity contribution is 5.17. The van der Waals surface area contributed by atoms with Crippen molar-refractivity contribution in [2.75, 3.05) is 6.61 Å². The van der Waals surface area contributed by atoms with E-state index in [4.69, 9.17) is 4.74 Å². The predicted molar refractivity (Wildman–Crippen MR) is 63.2 cm³/mol. The van der Waals surface area contributed by atoms with Gasteiger partial charge in [0, 0.05) is 18.7 Å². The second kappa shape index (κ2) is 3.46. The summed E-state index contributed by atoms with van der Waals surface area (Å²) in [4.78, 5) is 0. The minimum Gasteiger partial charge on any atom is -0.378 e. The standard InChI is InChI=1S/C14H23NO/c1-2-16-11-6-10(7-11)15-14-12-8-3-4-9(5-8)13(12)14/h8-15H,2-7H2,1H3. The van der Waals surface area contributed by atoms with Crippen LogP contribution in [0.1, 0.15) is 39.0 Å². The van der Waals surface area contributed by atoms with E-state index in [-0.39, 0.29) is 0 Å². The summed E-state index contributed by atoms with van der Waals surface area (Å²) in [6.45, 7) is 2.99. The summed E-state index contributed by atoms with van der Waals surface area (Å²) < 4.78 is 5.62. The van der Waals surface area contributed by atoms with Gasteiger partial charge >= 0.3 is 0 Å². The molecule has 0 saturated heterocycles. The van der Waals surface area contributed by atoms with Crippen molar-refractivity contribution in [2.45, 2.75) is 57.2 Å². The van der Waals surface area contributed by atoms with Crippen LogP contribution >= 0.6 is 0 Å². The molecule has 4 saturated carbocycles. The molecule has 0 radical (unpaired) electrons. The quantitative estimate of drug-likeness (QED) is 0.785. The van der Waals surface area contributed by atoms with E-state index < -0.39 is 0 Å². The van der Waals surface area contributed by atoms with Gasteiger partial charge in [0.05, 0.1) is 6.10 Å². The molecule has 2 heteroatoms. The molecule has 0 aliphatic heterocycles. The molecule has 0 spiro atoms. The Bertz CT molecular complexity index is 270. The maximum absolute atomic E-state index is 5.62. The first kappa shape index (κ1) is 9.90. The lowest BCUT2D eigenvalue weighted by molar-refractivity contribution is -0.0111. The van der Waals surface area contributed by atoms with E-state index in [1.807, 2.05) is 0 Å². The number of hydrogen-bond acceptors (Lipinski definition) is 2. The van der Waals surface area contributed by atoms with Gasteiger partial charge in [0.15, 0.2) is 0 Å². The van der Waals surface area contributed by atoms with Crippen molar-refractivity contribution < 1.29 is 4.74 Å². The number of nitrogens with one attached hydrogen (secondary N) is 1. The van der Waals surface area contributed by atoms with E-state index in [0.717, 1.165) is 42.4 Å². The summed E-state index contributed by atoms with van der Waals surface area (Å²) >= 11 is 0.